The van der Waals surface area contributed by atoms with Gasteiger partial charge < -0.3 is 4.74 Å². The maximum absolute atomic E-state index is 11.9. The molecule has 2 aliphatic carbocycles. The number of hydrogen-bond donors (Lipinski definition) is 0. The fourth-order valence-corrected chi connectivity index (χ4v) is 3.61. The molecule has 0 aromatic carbocycles. The summed E-state index contributed by atoms with van der Waals surface area (Å²) in [6.45, 7) is 4.73. The minimum absolute atomic E-state index is 0.0229. The average molecular weight is 256 g/mol. The van der Waals surface area contributed by atoms with E-state index in [2.05, 4.69) is 13.8 Å². The third kappa shape index (κ3) is 2.84. The second kappa shape index (κ2) is 5.42. The lowest BCUT2D eigenvalue weighted by Crippen LogP contribution is -2.24. The van der Waals surface area contributed by atoms with Crippen molar-refractivity contribution in [3.05, 3.63) is 0 Å². The van der Waals surface area contributed by atoms with Crippen molar-refractivity contribution in [2.75, 3.05) is 12.4 Å². The number of thioether (sulfide) groups is 1. The van der Waals surface area contributed by atoms with Gasteiger partial charge in [0.2, 0.25) is 0 Å². The SMILES string of the molecule is CC(C)SCCOC(=O)C1C2CCC1C(=O)C2. The zero-order valence-corrected chi connectivity index (χ0v) is 11.3. The van der Waals surface area contributed by atoms with Crippen LogP contribution in [0.3, 0.4) is 0 Å². The Kier molecular flexibility index (Phi) is 4.13. The van der Waals surface area contributed by atoms with Crippen LogP contribution in [0.5, 0.6) is 0 Å². The van der Waals surface area contributed by atoms with E-state index in [0.717, 1.165) is 18.6 Å². The molecular weight excluding hydrogens is 236 g/mol. The Bertz CT molecular complexity index is 314. The lowest BCUT2D eigenvalue weighted by molar-refractivity contribution is -0.150. The third-order valence-corrected chi connectivity index (χ3v) is 4.79. The highest BCUT2D eigenvalue weighted by Crippen LogP contribution is 2.47. The molecule has 0 spiro atoms. The molecule has 0 N–H and O–H groups in total. The first kappa shape index (κ1) is 12.9. The number of carbonyl (C=O) groups is 2. The summed E-state index contributed by atoms with van der Waals surface area (Å²) in [4.78, 5) is 23.5. The first-order valence-electron chi connectivity index (χ1n) is 6.40. The van der Waals surface area contributed by atoms with E-state index < -0.39 is 0 Å². The summed E-state index contributed by atoms with van der Waals surface area (Å²) in [6, 6.07) is 0. The van der Waals surface area contributed by atoms with Gasteiger partial charge in [-0.3, -0.25) is 9.59 Å². The van der Waals surface area contributed by atoms with Crippen LogP contribution in [0.25, 0.3) is 0 Å². The van der Waals surface area contributed by atoms with E-state index >= 15 is 0 Å². The molecule has 0 radical (unpaired) electrons. The minimum atomic E-state index is -0.132. The molecule has 0 aromatic heterocycles. The molecular formula is C13H20O3S. The molecule has 2 fully saturated rings. The van der Waals surface area contributed by atoms with Gasteiger partial charge in [-0.25, -0.2) is 0 Å². The van der Waals surface area contributed by atoms with Gasteiger partial charge in [0.1, 0.15) is 12.4 Å². The van der Waals surface area contributed by atoms with E-state index in [1.165, 1.54) is 0 Å². The van der Waals surface area contributed by atoms with Gasteiger partial charge in [0.25, 0.3) is 0 Å². The second-order valence-corrected chi connectivity index (χ2v) is 6.91. The number of rotatable bonds is 5. The summed E-state index contributed by atoms with van der Waals surface area (Å²) in [6.07, 6.45) is 2.52. The molecule has 2 rings (SSSR count). The highest BCUT2D eigenvalue weighted by Gasteiger charge is 2.51. The largest absolute Gasteiger partial charge is 0.465 e. The van der Waals surface area contributed by atoms with Crippen molar-refractivity contribution in [1.82, 2.24) is 0 Å². The van der Waals surface area contributed by atoms with Gasteiger partial charge in [0, 0.05) is 18.1 Å². The van der Waals surface area contributed by atoms with E-state index in [9.17, 15) is 9.59 Å². The van der Waals surface area contributed by atoms with Gasteiger partial charge >= 0.3 is 5.97 Å². The molecule has 96 valence electrons. The first-order valence-corrected chi connectivity index (χ1v) is 7.45. The third-order valence-electron chi connectivity index (χ3n) is 3.72. The highest BCUT2D eigenvalue weighted by atomic mass is 32.2. The molecule has 2 saturated carbocycles. The number of ether oxygens (including phenoxy) is 1. The fraction of sp³-hybridized carbons (Fsp3) is 0.846. The molecule has 17 heavy (non-hydrogen) atoms. The molecule has 0 heterocycles. The number of hydrogen-bond acceptors (Lipinski definition) is 4. The molecule has 3 unspecified atom stereocenters. The molecule has 0 amide bonds. The fourth-order valence-electron chi connectivity index (χ4n) is 2.96. The van der Waals surface area contributed by atoms with Crippen molar-refractivity contribution < 1.29 is 14.3 Å². The number of fused-ring (bicyclic) bond motifs is 2. The van der Waals surface area contributed by atoms with Crippen molar-refractivity contribution in [2.24, 2.45) is 17.8 Å². The van der Waals surface area contributed by atoms with E-state index in [1.54, 1.807) is 11.8 Å². The van der Waals surface area contributed by atoms with Crippen LogP contribution >= 0.6 is 11.8 Å². The van der Waals surface area contributed by atoms with Crippen molar-refractivity contribution in [3.63, 3.8) is 0 Å². The summed E-state index contributed by atoms with van der Waals surface area (Å²) in [5, 5.41) is 0.568. The molecule has 3 nitrogen and oxygen atoms in total. The van der Waals surface area contributed by atoms with Crippen LogP contribution in [-0.4, -0.2) is 29.4 Å². The van der Waals surface area contributed by atoms with Crippen LogP contribution in [-0.2, 0) is 14.3 Å². The molecule has 0 aromatic rings. The Morgan fingerprint density at radius 3 is 2.76 bits per heavy atom. The van der Waals surface area contributed by atoms with Crippen LogP contribution in [0.1, 0.15) is 33.1 Å². The standard InChI is InChI=1S/C13H20O3S/c1-8(2)17-6-5-16-13(15)12-9-3-4-10(12)11(14)7-9/h8-10,12H,3-7H2,1-2H3. The Hall–Kier alpha value is -0.510. The lowest BCUT2D eigenvalue weighted by atomic mass is 9.98. The van der Waals surface area contributed by atoms with E-state index in [0.29, 0.717) is 18.3 Å². The van der Waals surface area contributed by atoms with E-state index in [1.807, 2.05) is 0 Å². The second-order valence-electron chi connectivity index (χ2n) is 5.23. The first-order chi connectivity index (χ1) is 8.09. The zero-order chi connectivity index (χ0) is 12.4. The van der Waals surface area contributed by atoms with Gasteiger partial charge in [-0.15, -0.1) is 0 Å². The minimum Gasteiger partial charge on any atom is -0.465 e. The van der Waals surface area contributed by atoms with Crippen molar-refractivity contribution >= 4 is 23.5 Å². The van der Waals surface area contributed by atoms with Gasteiger partial charge in [-0.05, 0) is 24.0 Å². The van der Waals surface area contributed by atoms with Crippen LogP contribution in [0, 0.1) is 17.8 Å². The Morgan fingerprint density at radius 1 is 1.47 bits per heavy atom. The molecule has 3 atom stereocenters. The predicted molar refractivity (Wildman–Crippen MR) is 67.9 cm³/mol. The maximum atomic E-state index is 11.9. The van der Waals surface area contributed by atoms with Crippen molar-refractivity contribution in [1.29, 1.82) is 0 Å². The summed E-state index contributed by atoms with van der Waals surface area (Å²) in [7, 11) is 0. The number of ketones is 1. The van der Waals surface area contributed by atoms with Gasteiger partial charge in [-0.2, -0.15) is 11.8 Å². The van der Waals surface area contributed by atoms with E-state index in [4.69, 9.17) is 4.74 Å². The normalized spacial score (nSPS) is 31.2. The monoisotopic (exact) mass is 256 g/mol. The van der Waals surface area contributed by atoms with Crippen molar-refractivity contribution in [3.8, 4) is 0 Å². The Labute approximate surface area is 107 Å². The zero-order valence-electron chi connectivity index (χ0n) is 10.5. The Balaban J connectivity index is 1.76. The molecule has 2 aliphatic rings. The van der Waals surface area contributed by atoms with Crippen molar-refractivity contribution in [2.45, 2.75) is 38.4 Å². The topological polar surface area (TPSA) is 43.4 Å². The Morgan fingerprint density at radius 2 is 2.24 bits per heavy atom. The van der Waals surface area contributed by atoms with Crippen LogP contribution in [0.15, 0.2) is 0 Å². The van der Waals surface area contributed by atoms with Gasteiger partial charge in [0.15, 0.2) is 0 Å². The average Bonchev–Trinajstić information content (AvgIpc) is 2.80. The van der Waals surface area contributed by atoms with Crippen LogP contribution in [0.4, 0.5) is 0 Å². The van der Waals surface area contributed by atoms with E-state index in [-0.39, 0.29) is 29.5 Å². The van der Waals surface area contributed by atoms with Crippen LogP contribution < -0.4 is 0 Å². The van der Waals surface area contributed by atoms with Gasteiger partial charge in [-0.1, -0.05) is 13.8 Å². The highest BCUT2D eigenvalue weighted by molar-refractivity contribution is 7.99. The quantitative estimate of drug-likeness (QED) is 0.559. The maximum Gasteiger partial charge on any atom is 0.309 e. The smallest absolute Gasteiger partial charge is 0.309 e. The summed E-state index contributed by atoms with van der Waals surface area (Å²) in [5.74, 6) is 1.13. The summed E-state index contributed by atoms with van der Waals surface area (Å²) >= 11 is 1.79. The number of Topliss-reactive ketones (excluding diaryl/α,β-unsaturated/α-hetero) is 1. The predicted octanol–water partition coefficient (Wildman–Crippen LogP) is 2.29. The lowest BCUT2D eigenvalue weighted by Gasteiger charge is -2.13. The molecule has 0 saturated heterocycles. The summed E-state index contributed by atoms with van der Waals surface area (Å²) < 4.78 is 5.29. The molecule has 2 bridgehead atoms. The van der Waals surface area contributed by atoms with Gasteiger partial charge in [0.05, 0.1) is 5.92 Å². The molecule has 4 heteroatoms. The van der Waals surface area contributed by atoms with Crippen LogP contribution in [0.2, 0.25) is 0 Å². The number of carbonyl (C=O) groups excluding carboxylic acids is 2. The summed E-state index contributed by atoms with van der Waals surface area (Å²) in [5.41, 5.74) is 0. The number of esters is 1. The molecule has 0 aliphatic heterocycles.